The number of nitrogens with two attached hydrogens (primary N) is 1. The van der Waals surface area contributed by atoms with E-state index in [-0.39, 0.29) is 12.4 Å². The molecule has 0 saturated heterocycles. The van der Waals surface area contributed by atoms with Crippen LogP contribution in [0.4, 0.5) is 0 Å². The van der Waals surface area contributed by atoms with Crippen molar-refractivity contribution in [2.24, 2.45) is 5.73 Å². The van der Waals surface area contributed by atoms with Crippen molar-refractivity contribution in [3.8, 4) is 0 Å². The molecule has 0 aromatic rings. The Bertz CT molecular complexity index is 45.3. The molecule has 0 spiro atoms. The Kier molecular flexibility index (Phi) is 40.6. The fraction of sp³-hybridized carbons (Fsp3) is 1.00. The van der Waals surface area contributed by atoms with Crippen LogP contribution in [0.3, 0.4) is 0 Å². The topological polar surface area (TPSA) is 32.5 Å². The maximum atomic E-state index is 5.03. The van der Waals surface area contributed by atoms with Crippen LogP contribution in [0, 0.1) is 0 Å². The highest BCUT2D eigenvalue weighted by Gasteiger charge is 1.58. The van der Waals surface area contributed by atoms with Gasteiger partial charge in [-0.2, -0.15) is 0 Å². The molecule has 0 amide bonds. The highest BCUT2D eigenvalue weighted by atomic mass is 35.5. The molecule has 0 aliphatic heterocycles. The van der Waals surface area contributed by atoms with Crippen LogP contribution in [-0.2, 0) is 0 Å². The first-order chi connectivity index (χ1) is 5.38. The molecular weight excluding hydrogens is 186 g/mol. The second-order valence-corrected chi connectivity index (χ2v) is 3.47. The van der Waals surface area contributed by atoms with Crippen molar-refractivity contribution in [2.75, 3.05) is 48.8 Å². The van der Waals surface area contributed by atoms with E-state index in [0.717, 1.165) is 13.0 Å². The first kappa shape index (κ1) is 23.2. The molecule has 86 valence electrons. The molecule has 0 atom stereocenters. The smallest absolute Gasteiger partial charge is 0.00799 e. The second-order valence-electron chi connectivity index (χ2n) is 3.47. The lowest BCUT2D eigenvalue weighted by atomic mass is 10.5. The lowest BCUT2D eigenvalue weighted by Gasteiger charge is -1.90. The second kappa shape index (κ2) is 22.7. The minimum Gasteiger partial charge on any atom is -0.330 e. The van der Waals surface area contributed by atoms with Crippen molar-refractivity contribution in [3.05, 3.63) is 0 Å². The third-order valence-corrected chi connectivity index (χ3v) is 0.289. The Morgan fingerprint density at radius 1 is 0.846 bits per heavy atom. The number of rotatable bonds is 1. The van der Waals surface area contributed by atoms with Crippen LogP contribution in [0.15, 0.2) is 0 Å². The molecule has 4 heteroatoms. The normalized spacial score (nSPS) is 7.85. The summed E-state index contributed by atoms with van der Waals surface area (Å²) in [5, 5.41) is 0. The largest absolute Gasteiger partial charge is 0.330 e. The molecule has 0 fully saturated rings. The van der Waals surface area contributed by atoms with Crippen LogP contribution in [0.25, 0.3) is 0 Å². The molecule has 0 aliphatic rings. The van der Waals surface area contributed by atoms with Crippen LogP contribution in [-0.4, -0.2) is 58.6 Å². The van der Waals surface area contributed by atoms with Crippen molar-refractivity contribution in [3.63, 3.8) is 0 Å². The van der Waals surface area contributed by atoms with Crippen molar-refractivity contribution >= 4 is 12.4 Å². The molecule has 0 heterocycles. The monoisotopic (exact) mass is 213 g/mol. The van der Waals surface area contributed by atoms with Crippen LogP contribution < -0.4 is 5.73 Å². The van der Waals surface area contributed by atoms with Gasteiger partial charge in [-0.25, -0.2) is 0 Å². The first-order valence-electron chi connectivity index (χ1n) is 4.30. The van der Waals surface area contributed by atoms with E-state index in [1.807, 2.05) is 52.1 Å². The summed E-state index contributed by atoms with van der Waals surface area (Å²) in [5.41, 5.74) is 5.03. The number of hydrogen-bond donors (Lipinski definition) is 1. The first-order valence-corrected chi connectivity index (χ1v) is 4.30. The van der Waals surface area contributed by atoms with Gasteiger partial charge in [0.1, 0.15) is 0 Å². The van der Waals surface area contributed by atoms with Gasteiger partial charge in [0.05, 0.1) is 0 Å². The predicted molar refractivity (Wildman–Crippen MR) is 65.8 cm³/mol. The summed E-state index contributed by atoms with van der Waals surface area (Å²) in [6, 6.07) is 0. The molecule has 0 unspecified atom stereocenters. The van der Waals surface area contributed by atoms with E-state index >= 15 is 0 Å². The number of halogens is 1. The Hall–Kier alpha value is 0.170. The minimum atomic E-state index is 0. The van der Waals surface area contributed by atoms with Crippen molar-refractivity contribution in [1.82, 2.24) is 9.80 Å². The van der Waals surface area contributed by atoms with Crippen molar-refractivity contribution < 1.29 is 0 Å². The zero-order valence-electron chi connectivity index (χ0n) is 10.3. The molecule has 2 N–H and O–H groups in total. The van der Waals surface area contributed by atoms with E-state index in [2.05, 4.69) is 6.92 Å². The van der Waals surface area contributed by atoms with Crippen LogP contribution in [0.5, 0.6) is 0 Å². The van der Waals surface area contributed by atoms with Gasteiger partial charge < -0.3 is 15.5 Å². The van der Waals surface area contributed by atoms with Crippen LogP contribution in [0.2, 0.25) is 0 Å². The van der Waals surface area contributed by atoms with Gasteiger partial charge in [0.2, 0.25) is 0 Å². The summed E-state index contributed by atoms with van der Waals surface area (Å²) < 4.78 is 0. The zero-order valence-corrected chi connectivity index (χ0v) is 11.1. The standard InChI is InChI=1S/3C3H9N.ClH/c2*1-4(2)3;1-2-3-4;/h2*1-3H3;2-4H2,1H3;1H. The van der Waals surface area contributed by atoms with Crippen molar-refractivity contribution in [1.29, 1.82) is 0 Å². The van der Waals surface area contributed by atoms with Crippen molar-refractivity contribution in [2.45, 2.75) is 13.3 Å². The van der Waals surface area contributed by atoms with Gasteiger partial charge in [0, 0.05) is 0 Å². The highest BCUT2D eigenvalue weighted by molar-refractivity contribution is 5.85. The quantitative estimate of drug-likeness (QED) is 0.709. The van der Waals surface area contributed by atoms with E-state index in [4.69, 9.17) is 5.73 Å². The molecule has 0 radical (unpaired) electrons. The molecule has 0 aliphatic carbocycles. The number of nitrogens with zero attached hydrogens (tertiary/aromatic N) is 2. The molecule has 0 rings (SSSR count). The maximum Gasteiger partial charge on any atom is -0.00799 e. The minimum absolute atomic E-state index is 0. The van der Waals surface area contributed by atoms with Gasteiger partial charge in [-0.1, -0.05) is 6.92 Å². The van der Waals surface area contributed by atoms with E-state index in [9.17, 15) is 0 Å². The summed E-state index contributed by atoms with van der Waals surface area (Å²) in [7, 11) is 12.0. The summed E-state index contributed by atoms with van der Waals surface area (Å²) in [6.45, 7) is 2.88. The summed E-state index contributed by atoms with van der Waals surface area (Å²) in [4.78, 5) is 4.00. The molecule has 0 aromatic carbocycles. The Labute approximate surface area is 90.7 Å². The molecule has 0 saturated carbocycles. The third-order valence-electron chi connectivity index (χ3n) is 0.289. The van der Waals surface area contributed by atoms with E-state index < -0.39 is 0 Å². The SMILES string of the molecule is CCCN.CN(C)C.CN(C)C.Cl. The average molecular weight is 214 g/mol. The molecule has 3 nitrogen and oxygen atoms in total. The van der Waals surface area contributed by atoms with Gasteiger partial charge in [-0.05, 0) is 55.3 Å². The lowest BCUT2D eigenvalue weighted by Crippen LogP contribution is -1.99. The summed E-state index contributed by atoms with van der Waals surface area (Å²) >= 11 is 0. The van der Waals surface area contributed by atoms with E-state index in [1.165, 1.54) is 0 Å². The Balaban J connectivity index is -0.0000000450. The Morgan fingerprint density at radius 2 is 0.923 bits per heavy atom. The van der Waals surface area contributed by atoms with E-state index in [0.29, 0.717) is 0 Å². The fourth-order valence-electron chi connectivity index (χ4n) is 0. The third kappa shape index (κ3) is 920. The lowest BCUT2D eigenvalue weighted by molar-refractivity contribution is 0.505. The maximum absolute atomic E-state index is 5.03. The predicted octanol–water partition coefficient (Wildman–Crippen LogP) is 1.13. The number of hydrogen-bond acceptors (Lipinski definition) is 3. The zero-order chi connectivity index (χ0) is 10.6. The average Bonchev–Trinajstić information content (AvgIpc) is 1.85. The molecular formula is C9H28ClN3. The van der Waals surface area contributed by atoms with Gasteiger partial charge >= 0.3 is 0 Å². The van der Waals surface area contributed by atoms with E-state index in [1.54, 1.807) is 0 Å². The van der Waals surface area contributed by atoms with Crippen LogP contribution in [0.1, 0.15) is 13.3 Å². The Morgan fingerprint density at radius 3 is 0.923 bits per heavy atom. The fourth-order valence-corrected chi connectivity index (χ4v) is 0. The van der Waals surface area contributed by atoms with Gasteiger partial charge in [-0.3, -0.25) is 0 Å². The highest BCUT2D eigenvalue weighted by Crippen LogP contribution is 1.57. The summed E-state index contributed by atoms with van der Waals surface area (Å²) in [6.07, 6.45) is 1.10. The van der Waals surface area contributed by atoms with Gasteiger partial charge in [0.25, 0.3) is 0 Å². The molecule has 0 aromatic heterocycles. The summed E-state index contributed by atoms with van der Waals surface area (Å²) in [5.74, 6) is 0. The van der Waals surface area contributed by atoms with Gasteiger partial charge in [-0.15, -0.1) is 12.4 Å². The molecule has 0 bridgehead atoms. The van der Waals surface area contributed by atoms with Crippen LogP contribution >= 0.6 is 12.4 Å². The van der Waals surface area contributed by atoms with Gasteiger partial charge in [0.15, 0.2) is 0 Å². The molecule has 13 heavy (non-hydrogen) atoms.